The fourth-order valence-corrected chi connectivity index (χ4v) is 4.33. The van der Waals surface area contributed by atoms with Gasteiger partial charge in [-0.1, -0.05) is 65.8 Å². The van der Waals surface area contributed by atoms with Gasteiger partial charge in [0.25, 0.3) is 5.91 Å². The van der Waals surface area contributed by atoms with Crippen LogP contribution >= 0.6 is 0 Å². The minimum Gasteiger partial charge on any atom is -0.494 e. The molecule has 3 aromatic rings. The van der Waals surface area contributed by atoms with Gasteiger partial charge in [-0.25, -0.2) is 10.4 Å². The van der Waals surface area contributed by atoms with Crippen molar-refractivity contribution >= 4 is 17.5 Å². The lowest BCUT2D eigenvalue weighted by Gasteiger charge is -2.31. The third-order valence-corrected chi connectivity index (χ3v) is 6.17. The van der Waals surface area contributed by atoms with Crippen molar-refractivity contribution < 1.29 is 19.4 Å². The largest absolute Gasteiger partial charge is 0.494 e. The Labute approximate surface area is 226 Å². The molecule has 3 aromatic carbocycles. The molecule has 0 saturated heterocycles. The van der Waals surface area contributed by atoms with Gasteiger partial charge in [0, 0.05) is 47.7 Å². The number of carbonyl (C=O) groups is 1. The van der Waals surface area contributed by atoms with Crippen molar-refractivity contribution in [1.82, 2.24) is 10.9 Å². The van der Waals surface area contributed by atoms with Crippen LogP contribution in [-0.4, -0.2) is 42.2 Å². The lowest BCUT2D eigenvalue weighted by Crippen LogP contribution is -2.54. The van der Waals surface area contributed by atoms with Crippen molar-refractivity contribution in [2.24, 2.45) is 10.1 Å². The summed E-state index contributed by atoms with van der Waals surface area (Å²) in [7, 11) is 0. The molecular formula is C29H30N6O4. The fourth-order valence-electron chi connectivity index (χ4n) is 4.33. The summed E-state index contributed by atoms with van der Waals surface area (Å²) in [4.78, 5) is 21.8. The Bertz CT molecular complexity index is 1360. The molecule has 0 saturated carbocycles. The zero-order valence-electron chi connectivity index (χ0n) is 21.4. The summed E-state index contributed by atoms with van der Waals surface area (Å²) in [5.41, 5.74) is 15.8. The molecule has 1 aliphatic heterocycles. The monoisotopic (exact) mass is 526 g/mol. The zero-order chi connectivity index (χ0) is 27.5. The topological polar surface area (TPSA) is 141 Å². The van der Waals surface area contributed by atoms with Gasteiger partial charge in [-0.05, 0) is 35.4 Å². The Kier molecular flexibility index (Phi) is 9.31. The molecular weight excluding hydrogens is 496 g/mol. The van der Waals surface area contributed by atoms with Gasteiger partial charge >= 0.3 is 0 Å². The highest BCUT2D eigenvalue weighted by atomic mass is 16.5. The predicted octanol–water partition coefficient (Wildman–Crippen LogP) is 4.70. The molecule has 10 heteroatoms. The van der Waals surface area contributed by atoms with E-state index in [0.717, 1.165) is 5.56 Å². The first-order chi connectivity index (χ1) is 19.1. The standard InChI is InChI=1S/C29H30N6O4/c1-2-17-31-34-28(37)29(20-21-9-4-3-5-10-21)26(24-11-6-7-12-25(24)33-35-30)39-27(32-29)22-13-15-23(16-14-22)38-19-8-18-36/h2-7,9-16,26,31,36H,1,8,17-20H2,(H,34,37)/t26-,29-/m0/s1. The van der Waals surface area contributed by atoms with Crippen LogP contribution in [0.3, 0.4) is 0 Å². The van der Waals surface area contributed by atoms with Crippen LogP contribution in [0.25, 0.3) is 10.4 Å². The van der Waals surface area contributed by atoms with Crippen LogP contribution in [0, 0.1) is 0 Å². The van der Waals surface area contributed by atoms with Gasteiger partial charge in [-0.2, -0.15) is 0 Å². The van der Waals surface area contributed by atoms with Crippen LogP contribution in [0.4, 0.5) is 5.69 Å². The maximum atomic E-state index is 13.9. The number of amides is 1. The van der Waals surface area contributed by atoms with Crippen molar-refractivity contribution in [3.8, 4) is 5.75 Å². The van der Waals surface area contributed by atoms with Crippen LogP contribution < -0.4 is 15.6 Å². The van der Waals surface area contributed by atoms with Crippen molar-refractivity contribution in [1.29, 1.82) is 0 Å². The Morgan fingerprint density at radius 1 is 1.15 bits per heavy atom. The summed E-state index contributed by atoms with van der Waals surface area (Å²) >= 11 is 0. The SMILES string of the molecule is C=CCNNC(=O)[C@@]1(Cc2ccccc2)N=C(c2ccc(OCCCO)cc2)O[C@H]1c1ccccc1N=[N+]=[N-]. The molecule has 1 amide bonds. The summed E-state index contributed by atoms with van der Waals surface area (Å²) < 4.78 is 12.1. The molecule has 1 aliphatic rings. The predicted molar refractivity (Wildman–Crippen MR) is 148 cm³/mol. The first-order valence-corrected chi connectivity index (χ1v) is 12.5. The molecule has 0 spiro atoms. The average molecular weight is 527 g/mol. The van der Waals surface area contributed by atoms with E-state index in [2.05, 4.69) is 27.5 Å². The first-order valence-electron chi connectivity index (χ1n) is 12.5. The third-order valence-electron chi connectivity index (χ3n) is 6.17. The zero-order valence-corrected chi connectivity index (χ0v) is 21.4. The summed E-state index contributed by atoms with van der Waals surface area (Å²) in [5.74, 6) is 0.498. The number of aliphatic imine (C=N–C) groups is 1. The molecule has 0 fully saturated rings. The number of aliphatic hydroxyl groups is 1. The van der Waals surface area contributed by atoms with Crippen molar-refractivity contribution in [3.05, 3.63) is 119 Å². The van der Waals surface area contributed by atoms with Crippen LogP contribution in [0.2, 0.25) is 0 Å². The second-order valence-electron chi connectivity index (χ2n) is 8.82. The van der Waals surface area contributed by atoms with Gasteiger partial charge in [0.1, 0.15) is 5.75 Å². The van der Waals surface area contributed by atoms with E-state index in [4.69, 9.17) is 19.6 Å². The minimum atomic E-state index is -1.44. The van der Waals surface area contributed by atoms with Gasteiger partial charge in [0.2, 0.25) is 5.90 Å². The number of aliphatic hydroxyl groups excluding tert-OH is 1. The van der Waals surface area contributed by atoms with Gasteiger partial charge < -0.3 is 14.6 Å². The lowest BCUT2D eigenvalue weighted by atomic mass is 9.81. The van der Waals surface area contributed by atoms with E-state index >= 15 is 0 Å². The number of carbonyl (C=O) groups excluding carboxylic acids is 1. The van der Waals surface area contributed by atoms with Crippen LogP contribution in [0.15, 0.2) is 102 Å². The highest BCUT2D eigenvalue weighted by molar-refractivity contribution is 6.01. The smallest absolute Gasteiger partial charge is 0.266 e. The molecule has 39 heavy (non-hydrogen) atoms. The molecule has 0 aromatic heterocycles. The number of benzene rings is 3. The first kappa shape index (κ1) is 27.4. The molecule has 200 valence electrons. The number of hydrogen-bond acceptors (Lipinski definition) is 7. The quantitative estimate of drug-likeness (QED) is 0.0740. The summed E-state index contributed by atoms with van der Waals surface area (Å²) in [6, 6.07) is 23.7. The van der Waals surface area contributed by atoms with Crippen molar-refractivity contribution in [2.45, 2.75) is 24.5 Å². The van der Waals surface area contributed by atoms with Gasteiger partial charge in [0.15, 0.2) is 11.6 Å². The van der Waals surface area contributed by atoms with E-state index in [-0.39, 0.29) is 18.9 Å². The molecule has 0 radical (unpaired) electrons. The summed E-state index contributed by atoms with van der Waals surface area (Å²) in [5, 5.41) is 12.8. The lowest BCUT2D eigenvalue weighted by molar-refractivity contribution is -0.129. The van der Waals surface area contributed by atoms with E-state index in [1.165, 1.54) is 0 Å². The van der Waals surface area contributed by atoms with Gasteiger partial charge in [0.05, 0.1) is 6.61 Å². The van der Waals surface area contributed by atoms with E-state index < -0.39 is 17.6 Å². The second kappa shape index (κ2) is 13.3. The Hall–Kier alpha value is -4.63. The van der Waals surface area contributed by atoms with E-state index in [1.54, 1.807) is 54.6 Å². The number of ether oxygens (including phenoxy) is 2. The highest BCUT2D eigenvalue weighted by Gasteiger charge is 2.53. The van der Waals surface area contributed by atoms with Crippen molar-refractivity contribution in [3.63, 3.8) is 0 Å². The Morgan fingerprint density at radius 2 is 1.90 bits per heavy atom. The third kappa shape index (κ3) is 6.45. The molecule has 10 nitrogen and oxygen atoms in total. The number of hydrogen-bond donors (Lipinski definition) is 3. The van der Waals surface area contributed by atoms with E-state index in [9.17, 15) is 10.3 Å². The number of azide groups is 1. The Balaban J connectivity index is 1.81. The Morgan fingerprint density at radius 3 is 2.62 bits per heavy atom. The van der Waals surface area contributed by atoms with Gasteiger partial charge in [-0.15, -0.1) is 6.58 Å². The van der Waals surface area contributed by atoms with E-state index in [0.29, 0.717) is 42.1 Å². The normalized spacial score (nSPS) is 17.9. The number of nitrogens with one attached hydrogen (secondary N) is 2. The molecule has 1 heterocycles. The second-order valence-corrected chi connectivity index (χ2v) is 8.82. The molecule has 4 rings (SSSR count). The molecule has 0 unspecified atom stereocenters. The summed E-state index contributed by atoms with van der Waals surface area (Å²) in [6.07, 6.45) is 1.47. The summed E-state index contributed by atoms with van der Waals surface area (Å²) in [6.45, 7) is 4.47. The van der Waals surface area contributed by atoms with Crippen LogP contribution in [0.5, 0.6) is 5.75 Å². The van der Waals surface area contributed by atoms with Crippen molar-refractivity contribution in [2.75, 3.05) is 19.8 Å². The molecule has 0 aliphatic carbocycles. The highest BCUT2D eigenvalue weighted by Crippen LogP contribution is 2.45. The van der Waals surface area contributed by atoms with Crippen LogP contribution in [0.1, 0.15) is 29.2 Å². The minimum absolute atomic E-state index is 0.0503. The fraction of sp³-hybridized carbons (Fsp3) is 0.241. The van der Waals surface area contributed by atoms with Crippen LogP contribution in [-0.2, 0) is 16.0 Å². The number of rotatable bonds is 13. The number of hydrazine groups is 1. The molecule has 2 atom stereocenters. The molecule has 3 N–H and O–H groups in total. The number of nitrogens with zero attached hydrogens (tertiary/aromatic N) is 4. The van der Waals surface area contributed by atoms with E-state index in [1.807, 2.05) is 30.3 Å². The maximum Gasteiger partial charge on any atom is 0.266 e. The van der Waals surface area contributed by atoms with Gasteiger partial charge in [-0.3, -0.25) is 10.2 Å². The average Bonchev–Trinajstić information content (AvgIpc) is 3.35. The molecule has 0 bridgehead atoms. The maximum absolute atomic E-state index is 13.9.